The molecule has 6 nitrogen and oxygen atoms in total. The van der Waals surface area contributed by atoms with Crippen molar-refractivity contribution in [3.05, 3.63) is 0 Å². The van der Waals surface area contributed by atoms with Crippen LogP contribution in [0.15, 0.2) is 0 Å². The van der Waals surface area contributed by atoms with Gasteiger partial charge in [-0.1, -0.05) is 0 Å². The van der Waals surface area contributed by atoms with Crippen molar-refractivity contribution < 1.29 is 24.5 Å². The van der Waals surface area contributed by atoms with Crippen LogP contribution in [-0.4, -0.2) is 52.5 Å². The number of carboxylic acids is 1. The van der Waals surface area contributed by atoms with Gasteiger partial charge in [0, 0.05) is 19.7 Å². The molecule has 1 atom stereocenters. The number of carbonyl (C=O) groups excluding carboxylic acids is 1. The van der Waals surface area contributed by atoms with Crippen molar-refractivity contribution in [2.45, 2.75) is 52.1 Å². The third kappa shape index (κ3) is 4.37. The molecule has 6 heteroatoms. The highest BCUT2D eigenvalue weighted by Crippen LogP contribution is 2.36. The maximum Gasteiger partial charge on any atom is 0.410 e. The number of amides is 1. The second-order valence-electron chi connectivity index (χ2n) is 6.42. The van der Waals surface area contributed by atoms with Gasteiger partial charge in [0.1, 0.15) is 5.60 Å². The molecule has 2 N–H and O–H groups in total. The Kier molecular flexibility index (Phi) is 5.39. The Morgan fingerprint density at radius 1 is 1.30 bits per heavy atom. The molecule has 0 aliphatic carbocycles. The van der Waals surface area contributed by atoms with Crippen molar-refractivity contribution in [1.29, 1.82) is 0 Å². The van der Waals surface area contributed by atoms with Gasteiger partial charge < -0.3 is 19.8 Å². The molecule has 0 aromatic carbocycles. The Morgan fingerprint density at radius 3 is 2.45 bits per heavy atom. The van der Waals surface area contributed by atoms with E-state index in [2.05, 4.69) is 0 Å². The zero-order valence-corrected chi connectivity index (χ0v) is 12.5. The molecule has 116 valence electrons. The molecule has 1 fully saturated rings. The quantitative estimate of drug-likeness (QED) is 0.754. The van der Waals surface area contributed by atoms with Crippen molar-refractivity contribution in [1.82, 2.24) is 4.90 Å². The second kappa shape index (κ2) is 6.43. The van der Waals surface area contributed by atoms with E-state index in [4.69, 9.17) is 9.84 Å². The molecule has 0 saturated carbocycles. The van der Waals surface area contributed by atoms with Gasteiger partial charge in [-0.05, 0) is 46.5 Å². The third-order valence-corrected chi connectivity index (χ3v) is 3.52. The molecule has 1 saturated heterocycles. The van der Waals surface area contributed by atoms with Crippen molar-refractivity contribution >= 4 is 12.1 Å². The number of nitrogens with zero attached hydrogens (tertiary/aromatic N) is 1. The summed E-state index contributed by atoms with van der Waals surface area (Å²) >= 11 is 0. The average Bonchev–Trinajstić information content (AvgIpc) is 2.73. The fraction of sp³-hybridized carbons (Fsp3) is 0.857. The van der Waals surface area contributed by atoms with E-state index in [1.54, 1.807) is 20.8 Å². The number of aliphatic hydroxyl groups excluding tert-OH is 1. The molecule has 1 amide bonds. The van der Waals surface area contributed by atoms with Gasteiger partial charge in [0.05, 0.1) is 5.41 Å². The van der Waals surface area contributed by atoms with Crippen molar-refractivity contribution in [2.75, 3.05) is 19.7 Å². The Bertz CT molecular complexity index is 363. The minimum absolute atomic E-state index is 0.0610. The van der Waals surface area contributed by atoms with Crippen molar-refractivity contribution in [3.63, 3.8) is 0 Å². The van der Waals surface area contributed by atoms with Gasteiger partial charge in [-0.25, -0.2) is 4.79 Å². The van der Waals surface area contributed by atoms with Crippen molar-refractivity contribution in [3.8, 4) is 0 Å². The molecule has 1 rings (SSSR count). The topological polar surface area (TPSA) is 87.1 Å². The lowest BCUT2D eigenvalue weighted by Gasteiger charge is -2.27. The van der Waals surface area contributed by atoms with Crippen LogP contribution in [0.25, 0.3) is 0 Å². The Morgan fingerprint density at radius 2 is 1.95 bits per heavy atom. The van der Waals surface area contributed by atoms with Crippen LogP contribution in [0.5, 0.6) is 0 Å². The average molecular weight is 287 g/mol. The van der Waals surface area contributed by atoms with Crippen molar-refractivity contribution in [2.24, 2.45) is 5.41 Å². The highest BCUT2D eigenvalue weighted by molar-refractivity contribution is 5.78. The smallest absolute Gasteiger partial charge is 0.410 e. The predicted octanol–water partition coefficient (Wildman–Crippen LogP) is 1.86. The van der Waals surface area contributed by atoms with Gasteiger partial charge in [0.15, 0.2) is 0 Å². The third-order valence-electron chi connectivity index (χ3n) is 3.52. The van der Waals surface area contributed by atoms with E-state index in [1.165, 1.54) is 4.90 Å². The van der Waals surface area contributed by atoms with Crippen LogP contribution in [0.2, 0.25) is 0 Å². The first-order valence-corrected chi connectivity index (χ1v) is 7.02. The van der Waals surface area contributed by atoms with Crippen LogP contribution in [0.4, 0.5) is 4.79 Å². The summed E-state index contributed by atoms with van der Waals surface area (Å²) in [5.41, 5.74) is -1.48. The minimum atomic E-state index is -0.897. The molecule has 0 aromatic rings. The fourth-order valence-electron chi connectivity index (χ4n) is 2.42. The van der Waals surface area contributed by atoms with Crippen LogP contribution in [-0.2, 0) is 9.53 Å². The lowest BCUT2D eigenvalue weighted by molar-refractivity contribution is -0.148. The Balaban J connectivity index is 2.65. The molecule has 0 aromatic heterocycles. The molecular weight excluding hydrogens is 262 g/mol. The highest BCUT2D eigenvalue weighted by Gasteiger charge is 2.46. The van der Waals surface area contributed by atoms with E-state index in [1.807, 2.05) is 0 Å². The zero-order chi connectivity index (χ0) is 15.4. The number of rotatable bonds is 5. The van der Waals surface area contributed by atoms with Gasteiger partial charge in [-0.15, -0.1) is 0 Å². The van der Waals surface area contributed by atoms with Gasteiger partial charge in [-0.3, -0.25) is 4.79 Å². The fourth-order valence-corrected chi connectivity index (χ4v) is 2.42. The maximum atomic E-state index is 12.0. The molecule has 0 bridgehead atoms. The van der Waals surface area contributed by atoms with Gasteiger partial charge >= 0.3 is 12.1 Å². The van der Waals surface area contributed by atoms with Crippen LogP contribution < -0.4 is 0 Å². The predicted molar refractivity (Wildman–Crippen MR) is 73.4 cm³/mol. The number of carboxylic acid groups (broad SMARTS) is 1. The van der Waals surface area contributed by atoms with E-state index in [0.717, 1.165) is 0 Å². The van der Waals surface area contributed by atoms with Crippen LogP contribution in [0.1, 0.15) is 46.5 Å². The zero-order valence-electron chi connectivity index (χ0n) is 12.5. The molecule has 20 heavy (non-hydrogen) atoms. The number of hydrogen-bond donors (Lipinski definition) is 2. The summed E-state index contributed by atoms with van der Waals surface area (Å²) < 4.78 is 5.27. The lowest BCUT2D eigenvalue weighted by atomic mass is 9.82. The number of ether oxygens (including phenoxy) is 1. The largest absolute Gasteiger partial charge is 0.481 e. The standard InChI is InChI=1S/C14H25NO5/c1-13(2,3)20-12(19)15-8-7-14(10-15,11(17)18)6-4-5-9-16/h16H,4-10H2,1-3H3,(H,17,18). The van der Waals surface area contributed by atoms with E-state index in [9.17, 15) is 14.7 Å². The number of aliphatic hydroxyl groups is 1. The van der Waals surface area contributed by atoms with E-state index in [0.29, 0.717) is 32.2 Å². The van der Waals surface area contributed by atoms with Gasteiger partial charge in [0.2, 0.25) is 0 Å². The maximum absolute atomic E-state index is 12.0. The van der Waals surface area contributed by atoms with Gasteiger partial charge in [-0.2, -0.15) is 0 Å². The summed E-state index contributed by atoms with van der Waals surface area (Å²) in [5, 5.41) is 18.3. The Labute approximate surface area is 119 Å². The van der Waals surface area contributed by atoms with Crippen LogP contribution in [0, 0.1) is 5.41 Å². The number of hydrogen-bond acceptors (Lipinski definition) is 4. The molecule has 0 spiro atoms. The number of aliphatic carboxylic acids is 1. The van der Waals surface area contributed by atoms with E-state index < -0.39 is 23.1 Å². The summed E-state index contributed by atoms with van der Waals surface area (Å²) in [5.74, 6) is -0.874. The molecule has 1 heterocycles. The normalized spacial score (nSPS) is 22.9. The highest BCUT2D eigenvalue weighted by atomic mass is 16.6. The Hall–Kier alpha value is -1.30. The lowest BCUT2D eigenvalue weighted by Crippen LogP contribution is -2.39. The molecule has 1 aliphatic rings. The monoisotopic (exact) mass is 287 g/mol. The first kappa shape index (κ1) is 16.8. The molecule has 0 radical (unpaired) electrons. The van der Waals surface area contributed by atoms with Crippen LogP contribution >= 0.6 is 0 Å². The first-order valence-electron chi connectivity index (χ1n) is 7.02. The second-order valence-corrected chi connectivity index (χ2v) is 6.42. The SMILES string of the molecule is CC(C)(C)OC(=O)N1CCC(CCCCO)(C(=O)O)C1. The molecule has 1 aliphatic heterocycles. The summed E-state index contributed by atoms with van der Waals surface area (Å²) in [7, 11) is 0. The summed E-state index contributed by atoms with van der Waals surface area (Å²) in [6.07, 6.45) is 1.68. The summed E-state index contributed by atoms with van der Waals surface area (Å²) in [4.78, 5) is 25.0. The summed E-state index contributed by atoms with van der Waals surface area (Å²) in [6, 6.07) is 0. The minimum Gasteiger partial charge on any atom is -0.481 e. The number of unbranched alkanes of at least 4 members (excludes halogenated alkanes) is 1. The van der Waals surface area contributed by atoms with Gasteiger partial charge in [0.25, 0.3) is 0 Å². The first-order chi connectivity index (χ1) is 9.20. The van der Waals surface area contributed by atoms with E-state index >= 15 is 0 Å². The van der Waals surface area contributed by atoms with Crippen LogP contribution in [0.3, 0.4) is 0 Å². The molecular formula is C14H25NO5. The summed E-state index contributed by atoms with van der Waals surface area (Å²) in [6.45, 7) is 6.00. The number of carbonyl (C=O) groups is 2. The molecule has 1 unspecified atom stereocenters. The number of likely N-dealkylation sites (tertiary alicyclic amines) is 1. The van der Waals surface area contributed by atoms with E-state index in [-0.39, 0.29) is 13.2 Å².